The minimum atomic E-state index is -4.50. The second-order valence-electron chi connectivity index (χ2n) is 3.37. The molecule has 0 aliphatic carbocycles. The normalized spacial score (nSPS) is 11.6. The topological polar surface area (TPSA) is 17.1 Å². The van der Waals surface area contributed by atoms with Crippen LogP contribution in [-0.2, 0) is 11.5 Å². The average Bonchev–Trinajstić information content (AvgIpc) is 2.27. The Morgan fingerprint density at radius 3 is 2.35 bits per heavy atom. The maximum Gasteiger partial charge on any atom is 0.417 e. The van der Waals surface area contributed by atoms with Crippen LogP contribution < -0.4 is 0 Å². The fourth-order valence-electron chi connectivity index (χ4n) is 1.37. The number of rotatable bonds is 4. The van der Waals surface area contributed by atoms with Crippen LogP contribution in [-0.4, -0.2) is 11.1 Å². The second kappa shape index (κ2) is 6.00. The van der Waals surface area contributed by atoms with Gasteiger partial charge in [-0.3, -0.25) is 4.79 Å². The summed E-state index contributed by atoms with van der Waals surface area (Å²) in [6.07, 6.45) is -4.45. The summed E-state index contributed by atoms with van der Waals surface area (Å²) in [5.74, 6) is -0.504. The fraction of sp³-hybridized carbons (Fsp3) is 0.364. The summed E-state index contributed by atoms with van der Waals surface area (Å²) in [5.41, 5.74) is -0.630. The van der Waals surface area contributed by atoms with Crippen molar-refractivity contribution in [2.45, 2.75) is 17.9 Å². The number of hydrogen-bond donors (Lipinski definition) is 0. The van der Waals surface area contributed by atoms with Crippen molar-refractivity contribution in [1.82, 2.24) is 0 Å². The number of carbonyl (C=O) groups excluding carboxylic acids is 1. The summed E-state index contributed by atoms with van der Waals surface area (Å²) < 4.78 is 38.4. The van der Waals surface area contributed by atoms with Crippen molar-refractivity contribution in [2.24, 2.45) is 0 Å². The smallest absolute Gasteiger partial charge is 0.294 e. The van der Waals surface area contributed by atoms with Crippen molar-refractivity contribution in [3.63, 3.8) is 0 Å². The van der Waals surface area contributed by atoms with E-state index in [1.807, 2.05) is 0 Å². The number of alkyl halides is 5. The molecule has 0 fully saturated rings. The average molecular weight is 374 g/mol. The first-order valence-electron chi connectivity index (χ1n) is 4.75. The van der Waals surface area contributed by atoms with Crippen molar-refractivity contribution in [3.05, 3.63) is 34.9 Å². The molecule has 1 aromatic carbocycles. The van der Waals surface area contributed by atoms with E-state index in [1.165, 1.54) is 12.1 Å². The van der Waals surface area contributed by atoms with Gasteiger partial charge in [-0.2, -0.15) is 13.2 Å². The zero-order valence-electron chi connectivity index (χ0n) is 8.65. The standard InChI is InChI=1S/C11H9Br2F3O/c12-4-3-10(17)8-2-1-7(6-13)5-9(8)11(14,15)16/h1-2,5H,3-4,6H2. The molecule has 1 aromatic rings. The van der Waals surface area contributed by atoms with E-state index >= 15 is 0 Å². The lowest BCUT2D eigenvalue weighted by atomic mass is 9.99. The molecule has 0 amide bonds. The minimum absolute atomic E-state index is 0.0523. The van der Waals surface area contributed by atoms with E-state index in [4.69, 9.17) is 0 Å². The Balaban J connectivity index is 3.25. The molecule has 0 aliphatic heterocycles. The first-order valence-corrected chi connectivity index (χ1v) is 6.99. The molecule has 0 radical (unpaired) electrons. The van der Waals surface area contributed by atoms with Crippen LogP contribution in [0.2, 0.25) is 0 Å². The third-order valence-electron chi connectivity index (χ3n) is 2.17. The highest BCUT2D eigenvalue weighted by Crippen LogP contribution is 2.33. The van der Waals surface area contributed by atoms with E-state index in [0.717, 1.165) is 6.07 Å². The van der Waals surface area contributed by atoms with E-state index in [0.29, 0.717) is 16.2 Å². The third-order valence-corrected chi connectivity index (χ3v) is 3.21. The molecule has 0 bridgehead atoms. The van der Waals surface area contributed by atoms with Gasteiger partial charge in [0.2, 0.25) is 0 Å². The number of carbonyl (C=O) groups is 1. The number of ketones is 1. The zero-order chi connectivity index (χ0) is 13.1. The molecule has 0 unspecified atom stereocenters. The quantitative estimate of drug-likeness (QED) is 0.558. The highest BCUT2D eigenvalue weighted by Gasteiger charge is 2.35. The van der Waals surface area contributed by atoms with Crippen LogP contribution in [0.15, 0.2) is 18.2 Å². The van der Waals surface area contributed by atoms with Crippen molar-refractivity contribution in [2.75, 3.05) is 5.33 Å². The van der Waals surface area contributed by atoms with Gasteiger partial charge in [0.25, 0.3) is 0 Å². The molecule has 1 rings (SSSR count). The first kappa shape index (κ1) is 14.7. The van der Waals surface area contributed by atoms with E-state index in [9.17, 15) is 18.0 Å². The van der Waals surface area contributed by atoms with Gasteiger partial charge < -0.3 is 0 Å². The molecular formula is C11H9Br2F3O. The maximum atomic E-state index is 12.8. The Morgan fingerprint density at radius 1 is 1.24 bits per heavy atom. The van der Waals surface area contributed by atoms with E-state index in [1.54, 1.807) is 0 Å². The monoisotopic (exact) mass is 372 g/mol. The zero-order valence-corrected chi connectivity index (χ0v) is 11.8. The van der Waals surface area contributed by atoms with Crippen molar-refractivity contribution in [3.8, 4) is 0 Å². The van der Waals surface area contributed by atoms with Gasteiger partial charge in [-0.05, 0) is 11.6 Å². The molecule has 6 heteroatoms. The first-order chi connectivity index (χ1) is 7.90. The number of hydrogen-bond acceptors (Lipinski definition) is 1. The maximum absolute atomic E-state index is 12.8. The SMILES string of the molecule is O=C(CCBr)c1ccc(CBr)cc1C(F)(F)F. The second-order valence-corrected chi connectivity index (χ2v) is 4.73. The summed E-state index contributed by atoms with van der Waals surface area (Å²) >= 11 is 6.13. The van der Waals surface area contributed by atoms with Crippen molar-refractivity contribution >= 4 is 37.6 Å². The number of Topliss-reactive ketones (excluding diaryl/α,β-unsaturated/α-hetero) is 1. The third kappa shape index (κ3) is 3.81. The van der Waals surface area contributed by atoms with Crippen molar-refractivity contribution < 1.29 is 18.0 Å². The molecule has 0 spiro atoms. The molecule has 0 saturated carbocycles. The summed E-state index contributed by atoms with van der Waals surface area (Å²) in [4.78, 5) is 11.6. The predicted molar refractivity (Wildman–Crippen MR) is 66.8 cm³/mol. The largest absolute Gasteiger partial charge is 0.417 e. The van der Waals surface area contributed by atoms with Gasteiger partial charge in [-0.1, -0.05) is 44.0 Å². The molecular weight excluding hydrogens is 365 g/mol. The summed E-state index contributed by atoms with van der Waals surface area (Å²) in [7, 11) is 0. The molecule has 0 atom stereocenters. The van der Waals surface area contributed by atoms with E-state index in [2.05, 4.69) is 31.9 Å². The summed E-state index contributed by atoms with van der Waals surface area (Å²) in [6.45, 7) is 0. The van der Waals surface area contributed by atoms with Crippen LogP contribution >= 0.6 is 31.9 Å². The van der Waals surface area contributed by atoms with Gasteiger partial charge in [0.15, 0.2) is 5.78 Å². The Bertz CT molecular complexity index is 416. The molecule has 0 saturated heterocycles. The van der Waals surface area contributed by atoms with Crippen LogP contribution in [0.3, 0.4) is 0 Å². The Hall–Kier alpha value is -0.360. The molecule has 17 heavy (non-hydrogen) atoms. The molecule has 0 aromatic heterocycles. The summed E-state index contributed by atoms with van der Waals surface area (Å²) in [5, 5.41) is 0.673. The van der Waals surface area contributed by atoms with Crippen LogP contribution in [0.1, 0.15) is 27.9 Å². The Labute approximate surface area is 114 Å². The molecule has 0 heterocycles. The fourth-order valence-corrected chi connectivity index (χ4v) is 2.08. The minimum Gasteiger partial charge on any atom is -0.294 e. The van der Waals surface area contributed by atoms with Crippen LogP contribution in [0.5, 0.6) is 0 Å². The van der Waals surface area contributed by atoms with E-state index in [-0.39, 0.29) is 12.0 Å². The van der Waals surface area contributed by atoms with Crippen LogP contribution in [0.4, 0.5) is 13.2 Å². The van der Waals surface area contributed by atoms with Crippen LogP contribution in [0.25, 0.3) is 0 Å². The van der Waals surface area contributed by atoms with Crippen LogP contribution in [0, 0.1) is 0 Å². The lowest BCUT2D eigenvalue weighted by molar-refractivity contribution is -0.137. The van der Waals surface area contributed by atoms with Gasteiger partial charge in [0, 0.05) is 22.6 Å². The number of benzene rings is 1. The highest BCUT2D eigenvalue weighted by molar-refractivity contribution is 9.09. The lowest BCUT2D eigenvalue weighted by Crippen LogP contribution is -2.14. The van der Waals surface area contributed by atoms with Crippen molar-refractivity contribution in [1.29, 1.82) is 0 Å². The van der Waals surface area contributed by atoms with Gasteiger partial charge in [0.1, 0.15) is 0 Å². The number of halogens is 5. The van der Waals surface area contributed by atoms with E-state index < -0.39 is 17.5 Å². The Morgan fingerprint density at radius 2 is 1.88 bits per heavy atom. The van der Waals surface area contributed by atoms with Gasteiger partial charge >= 0.3 is 6.18 Å². The van der Waals surface area contributed by atoms with Gasteiger partial charge in [-0.25, -0.2) is 0 Å². The molecule has 94 valence electrons. The predicted octanol–water partition coefficient (Wildman–Crippen LogP) is 4.57. The summed E-state index contributed by atoms with van der Waals surface area (Å²) in [6, 6.07) is 3.77. The van der Waals surface area contributed by atoms with Gasteiger partial charge in [0.05, 0.1) is 5.56 Å². The van der Waals surface area contributed by atoms with Gasteiger partial charge in [-0.15, -0.1) is 0 Å². The Kier molecular flexibility index (Phi) is 5.19. The molecule has 0 N–H and O–H groups in total. The molecule has 0 aliphatic rings. The highest BCUT2D eigenvalue weighted by atomic mass is 79.9. The molecule has 1 nitrogen and oxygen atoms in total. The lowest BCUT2D eigenvalue weighted by Gasteiger charge is -2.13.